The van der Waals surface area contributed by atoms with Gasteiger partial charge in [0.2, 0.25) is 0 Å². The van der Waals surface area contributed by atoms with Gasteiger partial charge in [-0.25, -0.2) is 0 Å². The Hall–Kier alpha value is -3.20. The molecule has 1 aromatic heterocycles. The fraction of sp³-hybridized carbons (Fsp3) is 0.484. The molecular formula is C31H37N3O5. The summed E-state index contributed by atoms with van der Waals surface area (Å²) >= 11 is 0. The van der Waals surface area contributed by atoms with Crippen LogP contribution in [0.3, 0.4) is 0 Å². The molecule has 8 heteroatoms. The minimum atomic E-state index is -0.242. The van der Waals surface area contributed by atoms with Crippen molar-refractivity contribution in [2.75, 3.05) is 59.2 Å². The molecule has 3 aliphatic rings. The van der Waals surface area contributed by atoms with Crippen molar-refractivity contribution in [2.24, 2.45) is 0 Å². The Morgan fingerprint density at radius 2 is 1.79 bits per heavy atom. The van der Waals surface area contributed by atoms with Crippen LogP contribution in [0.2, 0.25) is 0 Å². The maximum atomic E-state index is 12.6. The maximum absolute atomic E-state index is 12.6. The first-order valence-corrected chi connectivity index (χ1v) is 14.2. The molecule has 206 valence electrons. The molecule has 0 radical (unpaired) electrons. The number of nitrogens with zero attached hydrogens (tertiary/aromatic N) is 3. The van der Waals surface area contributed by atoms with Gasteiger partial charge in [0.25, 0.3) is 5.91 Å². The Bertz CT molecular complexity index is 1250. The van der Waals surface area contributed by atoms with E-state index < -0.39 is 0 Å². The van der Waals surface area contributed by atoms with Gasteiger partial charge in [-0.2, -0.15) is 0 Å². The molecule has 3 fully saturated rings. The van der Waals surface area contributed by atoms with Crippen molar-refractivity contribution in [1.29, 1.82) is 0 Å². The summed E-state index contributed by atoms with van der Waals surface area (Å²) in [6, 6.07) is 16.4. The SMILES string of the molecule is O=C([C@H]1CCCO1)N1CCC(Oc2ccc(-c3cc4ncccc4cc3OCCN3CCOCC3)cc2)CC1. The van der Waals surface area contributed by atoms with Crippen LogP contribution in [0.25, 0.3) is 22.0 Å². The van der Waals surface area contributed by atoms with Crippen LogP contribution in [-0.4, -0.2) is 92.1 Å². The van der Waals surface area contributed by atoms with Crippen molar-refractivity contribution in [2.45, 2.75) is 37.9 Å². The topological polar surface area (TPSA) is 73.4 Å². The van der Waals surface area contributed by atoms with Crippen LogP contribution in [0, 0.1) is 0 Å². The molecule has 2 aromatic carbocycles. The van der Waals surface area contributed by atoms with E-state index in [4.69, 9.17) is 18.9 Å². The Morgan fingerprint density at radius 3 is 2.56 bits per heavy atom. The number of piperidine rings is 1. The molecule has 0 bridgehead atoms. The Kier molecular flexibility index (Phi) is 8.23. The first-order chi connectivity index (χ1) is 19.2. The molecule has 1 amide bonds. The molecule has 0 unspecified atom stereocenters. The molecular weight excluding hydrogens is 494 g/mol. The highest BCUT2D eigenvalue weighted by Crippen LogP contribution is 2.35. The van der Waals surface area contributed by atoms with Gasteiger partial charge < -0.3 is 23.8 Å². The smallest absolute Gasteiger partial charge is 0.251 e. The average Bonchev–Trinajstić information content (AvgIpc) is 3.53. The Morgan fingerprint density at radius 1 is 0.974 bits per heavy atom. The molecule has 0 spiro atoms. The first kappa shape index (κ1) is 26.0. The van der Waals surface area contributed by atoms with E-state index in [0.29, 0.717) is 13.2 Å². The quantitative estimate of drug-likeness (QED) is 0.432. The predicted octanol–water partition coefficient (Wildman–Crippen LogP) is 4.16. The van der Waals surface area contributed by atoms with Gasteiger partial charge in [-0.05, 0) is 48.7 Å². The summed E-state index contributed by atoms with van der Waals surface area (Å²) in [5, 5.41) is 1.06. The lowest BCUT2D eigenvalue weighted by molar-refractivity contribution is -0.142. The second-order valence-electron chi connectivity index (χ2n) is 10.5. The number of carbonyl (C=O) groups excluding carboxylic acids is 1. The number of aromatic nitrogens is 1. The zero-order valence-corrected chi connectivity index (χ0v) is 22.4. The van der Waals surface area contributed by atoms with E-state index in [1.54, 1.807) is 0 Å². The van der Waals surface area contributed by atoms with Crippen LogP contribution in [0.5, 0.6) is 11.5 Å². The van der Waals surface area contributed by atoms with E-state index in [1.165, 1.54) is 0 Å². The minimum absolute atomic E-state index is 0.105. The van der Waals surface area contributed by atoms with Crippen LogP contribution >= 0.6 is 0 Å². The van der Waals surface area contributed by atoms with E-state index in [0.717, 1.165) is 105 Å². The van der Waals surface area contributed by atoms with Crippen molar-refractivity contribution in [1.82, 2.24) is 14.8 Å². The van der Waals surface area contributed by atoms with E-state index in [9.17, 15) is 4.79 Å². The summed E-state index contributed by atoms with van der Waals surface area (Å²) in [5.74, 6) is 1.85. The first-order valence-electron chi connectivity index (χ1n) is 14.2. The number of ether oxygens (including phenoxy) is 4. The standard InChI is InChI=1S/C31H37N3O5/c35-31(29-4-2-17-37-29)34-12-9-26(10-13-34)39-25-7-5-23(6-8-25)27-22-28-24(3-1-11-32-28)21-30(27)38-20-16-33-14-18-36-19-15-33/h1,3,5-8,11,21-22,26,29H,2,4,9-10,12-20H2/t29-/m1/s1. The molecule has 3 aromatic rings. The number of carbonyl (C=O) groups is 1. The molecule has 0 saturated carbocycles. The number of rotatable bonds is 8. The van der Waals surface area contributed by atoms with Crippen molar-refractivity contribution in [3.05, 3.63) is 54.7 Å². The molecule has 39 heavy (non-hydrogen) atoms. The normalized spacial score (nSPS) is 20.8. The molecule has 3 saturated heterocycles. The Labute approximate surface area is 229 Å². The number of fused-ring (bicyclic) bond motifs is 1. The van der Waals surface area contributed by atoms with E-state index in [-0.39, 0.29) is 18.1 Å². The molecule has 6 rings (SSSR count). The van der Waals surface area contributed by atoms with E-state index >= 15 is 0 Å². The molecule has 1 atom stereocenters. The highest BCUT2D eigenvalue weighted by molar-refractivity contribution is 5.88. The van der Waals surface area contributed by atoms with Crippen LogP contribution in [0.15, 0.2) is 54.7 Å². The van der Waals surface area contributed by atoms with Gasteiger partial charge in [0.15, 0.2) is 0 Å². The second-order valence-corrected chi connectivity index (χ2v) is 10.5. The minimum Gasteiger partial charge on any atom is -0.492 e. The number of amides is 1. The zero-order valence-electron chi connectivity index (χ0n) is 22.4. The van der Waals surface area contributed by atoms with Gasteiger partial charge in [-0.1, -0.05) is 18.2 Å². The fourth-order valence-corrected chi connectivity index (χ4v) is 5.63. The lowest BCUT2D eigenvalue weighted by Gasteiger charge is -2.33. The van der Waals surface area contributed by atoms with Gasteiger partial charge in [-0.15, -0.1) is 0 Å². The lowest BCUT2D eigenvalue weighted by Crippen LogP contribution is -2.45. The molecule has 0 N–H and O–H groups in total. The fourth-order valence-electron chi connectivity index (χ4n) is 5.63. The van der Waals surface area contributed by atoms with E-state index in [2.05, 4.69) is 40.2 Å². The lowest BCUT2D eigenvalue weighted by atomic mass is 10.0. The molecule has 3 aliphatic heterocycles. The van der Waals surface area contributed by atoms with Crippen LogP contribution in [0.1, 0.15) is 25.7 Å². The summed E-state index contributed by atoms with van der Waals surface area (Å²) in [4.78, 5) is 21.5. The third kappa shape index (κ3) is 6.35. The van der Waals surface area contributed by atoms with Crippen molar-refractivity contribution in [3.63, 3.8) is 0 Å². The third-order valence-corrected chi connectivity index (χ3v) is 7.90. The van der Waals surface area contributed by atoms with Gasteiger partial charge in [-0.3, -0.25) is 14.7 Å². The monoisotopic (exact) mass is 531 g/mol. The van der Waals surface area contributed by atoms with Crippen molar-refractivity contribution in [3.8, 4) is 22.6 Å². The summed E-state index contributed by atoms with van der Waals surface area (Å²) in [6.07, 6.45) is 5.16. The number of pyridine rings is 1. The number of hydrogen-bond donors (Lipinski definition) is 0. The van der Waals surface area contributed by atoms with Crippen LogP contribution < -0.4 is 9.47 Å². The number of benzene rings is 2. The average molecular weight is 532 g/mol. The van der Waals surface area contributed by atoms with Crippen molar-refractivity contribution >= 4 is 16.8 Å². The summed E-state index contributed by atoms with van der Waals surface area (Å²) in [6.45, 7) is 7.10. The van der Waals surface area contributed by atoms with Crippen LogP contribution in [-0.2, 0) is 14.3 Å². The Balaban J connectivity index is 1.10. The molecule has 8 nitrogen and oxygen atoms in total. The van der Waals surface area contributed by atoms with E-state index in [1.807, 2.05) is 29.3 Å². The third-order valence-electron chi connectivity index (χ3n) is 7.90. The number of hydrogen-bond acceptors (Lipinski definition) is 7. The zero-order chi connectivity index (χ0) is 26.4. The summed E-state index contributed by atoms with van der Waals surface area (Å²) in [7, 11) is 0. The predicted molar refractivity (Wildman–Crippen MR) is 149 cm³/mol. The highest BCUT2D eigenvalue weighted by atomic mass is 16.5. The molecule has 4 heterocycles. The maximum Gasteiger partial charge on any atom is 0.251 e. The van der Waals surface area contributed by atoms with Gasteiger partial charge >= 0.3 is 0 Å². The van der Waals surface area contributed by atoms with Crippen LogP contribution in [0.4, 0.5) is 0 Å². The second kappa shape index (κ2) is 12.3. The van der Waals surface area contributed by atoms with Crippen molar-refractivity contribution < 1.29 is 23.7 Å². The number of morpholine rings is 1. The van der Waals surface area contributed by atoms with Gasteiger partial charge in [0.1, 0.15) is 30.3 Å². The molecule has 0 aliphatic carbocycles. The number of likely N-dealkylation sites (tertiary alicyclic amines) is 1. The summed E-state index contributed by atoms with van der Waals surface area (Å²) in [5.41, 5.74) is 3.03. The van der Waals surface area contributed by atoms with Gasteiger partial charge in [0, 0.05) is 69.3 Å². The summed E-state index contributed by atoms with van der Waals surface area (Å²) < 4.78 is 23.7. The van der Waals surface area contributed by atoms with Gasteiger partial charge in [0.05, 0.1) is 18.7 Å². The largest absolute Gasteiger partial charge is 0.492 e. The highest BCUT2D eigenvalue weighted by Gasteiger charge is 2.31.